The van der Waals surface area contributed by atoms with Gasteiger partial charge in [0.25, 0.3) is 0 Å². The molecule has 0 radical (unpaired) electrons. The van der Waals surface area contributed by atoms with Gasteiger partial charge in [0.05, 0.1) is 18.4 Å². The van der Waals surface area contributed by atoms with Crippen molar-refractivity contribution in [2.45, 2.75) is 65.7 Å². The van der Waals surface area contributed by atoms with Crippen molar-refractivity contribution in [1.29, 1.82) is 5.26 Å². The number of likely N-dealkylation sites (tertiary alicyclic amines) is 1. The maximum Gasteiger partial charge on any atom is 0.393 e. The molecule has 6 rings (SSSR count). The molecule has 1 N–H and O–H groups in total. The van der Waals surface area contributed by atoms with E-state index in [1.165, 1.54) is 5.56 Å². The van der Waals surface area contributed by atoms with Crippen molar-refractivity contribution in [3.63, 3.8) is 0 Å². The van der Waals surface area contributed by atoms with Crippen LogP contribution in [0.5, 0.6) is 0 Å². The molecule has 12 heteroatoms. The Morgan fingerprint density at radius 2 is 1.93 bits per heavy atom. The Morgan fingerprint density at radius 1 is 1.16 bits per heavy atom. The molecular formula is C33H36F3N7OS. The number of benzene rings is 1. The summed E-state index contributed by atoms with van der Waals surface area (Å²) in [5.74, 6) is 1.21. The average Bonchev–Trinajstić information content (AvgIpc) is 3.75. The van der Waals surface area contributed by atoms with Crippen LogP contribution in [0.3, 0.4) is 0 Å². The minimum absolute atomic E-state index is 0.0919. The Balaban J connectivity index is 1.17. The molecule has 1 spiro atoms. The number of rotatable bonds is 8. The number of aromatic nitrogens is 3. The molecule has 2 aliphatic rings. The molecule has 2 fully saturated rings. The molecule has 4 aromatic rings. The van der Waals surface area contributed by atoms with Crippen molar-refractivity contribution in [2.24, 2.45) is 5.41 Å². The second kappa shape index (κ2) is 11.8. The number of carbonyl (C=O) groups is 1. The highest BCUT2D eigenvalue weighted by Crippen LogP contribution is 2.43. The van der Waals surface area contributed by atoms with E-state index in [0.717, 1.165) is 79.2 Å². The van der Waals surface area contributed by atoms with E-state index in [-0.39, 0.29) is 16.2 Å². The van der Waals surface area contributed by atoms with E-state index >= 15 is 0 Å². The second-order valence-corrected chi connectivity index (χ2v) is 13.6. The first kappa shape index (κ1) is 31.0. The highest BCUT2D eigenvalue weighted by Gasteiger charge is 2.44. The number of anilines is 1. The lowest BCUT2D eigenvalue weighted by Crippen LogP contribution is -2.31. The predicted molar refractivity (Wildman–Crippen MR) is 170 cm³/mol. The number of allylic oxidation sites excluding steroid dienone is 1. The van der Waals surface area contributed by atoms with Crippen molar-refractivity contribution in [1.82, 2.24) is 24.8 Å². The van der Waals surface area contributed by atoms with Crippen molar-refractivity contribution in [2.75, 3.05) is 31.1 Å². The molecule has 1 unspecified atom stereocenters. The van der Waals surface area contributed by atoms with Crippen LogP contribution in [0.1, 0.15) is 53.7 Å². The van der Waals surface area contributed by atoms with Crippen LogP contribution in [0, 0.1) is 30.6 Å². The molecule has 45 heavy (non-hydrogen) atoms. The normalized spacial score (nSPS) is 18.8. The van der Waals surface area contributed by atoms with Crippen LogP contribution in [0.15, 0.2) is 36.5 Å². The lowest BCUT2D eigenvalue weighted by Gasteiger charge is -2.26. The number of carbonyl (C=O) groups excluding carboxylic acids is 1. The largest absolute Gasteiger partial charge is 0.393 e. The van der Waals surface area contributed by atoms with Crippen LogP contribution >= 0.6 is 11.3 Å². The van der Waals surface area contributed by atoms with Gasteiger partial charge in [-0.25, -0.2) is 9.97 Å². The molecule has 236 valence electrons. The molecule has 1 atom stereocenters. The molecule has 5 heterocycles. The van der Waals surface area contributed by atoms with Crippen LogP contribution in [0.25, 0.3) is 21.1 Å². The maximum atomic E-state index is 13.1. The third-order valence-electron chi connectivity index (χ3n) is 9.13. The van der Waals surface area contributed by atoms with Gasteiger partial charge in [-0.3, -0.25) is 9.69 Å². The predicted octanol–water partition coefficient (Wildman–Crippen LogP) is 6.38. The second-order valence-electron chi connectivity index (χ2n) is 12.5. The van der Waals surface area contributed by atoms with E-state index in [2.05, 4.69) is 45.7 Å². The molecule has 0 saturated carbocycles. The summed E-state index contributed by atoms with van der Waals surface area (Å²) >= 11 is 1.10. The smallest absolute Gasteiger partial charge is 0.355 e. The fraction of sp³-hybridized carbons (Fsp3) is 0.455. The molecule has 0 bridgehead atoms. The number of nitriles is 1. The molecule has 8 nitrogen and oxygen atoms in total. The van der Waals surface area contributed by atoms with Crippen molar-refractivity contribution >= 4 is 44.2 Å². The lowest BCUT2D eigenvalue weighted by molar-refractivity contribution is -0.126. The highest BCUT2D eigenvalue weighted by molar-refractivity contribution is 7.18. The van der Waals surface area contributed by atoms with Crippen LogP contribution in [0.2, 0.25) is 0 Å². The van der Waals surface area contributed by atoms with Crippen molar-refractivity contribution in [3.05, 3.63) is 64.1 Å². The Bertz CT molecular complexity index is 1850. The van der Waals surface area contributed by atoms with Gasteiger partial charge >= 0.3 is 6.18 Å². The van der Waals surface area contributed by atoms with Gasteiger partial charge in [0.15, 0.2) is 0 Å². The average molecular weight is 636 g/mol. The molecule has 0 aliphatic carbocycles. The fourth-order valence-corrected chi connectivity index (χ4v) is 8.01. The van der Waals surface area contributed by atoms with E-state index in [1.807, 2.05) is 16.7 Å². The maximum absolute atomic E-state index is 13.1. The number of thiophene rings is 1. The fourth-order valence-electron chi connectivity index (χ4n) is 6.91. The van der Waals surface area contributed by atoms with Gasteiger partial charge in [0.1, 0.15) is 28.2 Å². The van der Waals surface area contributed by atoms with E-state index in [9.17, 15) is 23.2 Å². The number of amides is 1. The molecule has 2 saturated heterocycles. The van der Waals surface area contributed by atoms with Crippen LogP contribution in [-0.4, -0.2) is 57.7 Å². The Labute approximate surface area is 264 Å². The zero-order chi connectivity index (χ0) is 32.1. The standard InChI is InChI=1S/C33H36F3N7OS/c1-5-29(44)38-20(2)16-43-24(15-37)12-26-21(3)23(6-7-28(26)43)17-41-10-8-32(18-41)9-11-42(19-32)30-27-13-25(14-33(34,35)36)45-31(27)40-22(4)39-30/h6-7,12-13H,2,5,8-11,14,16-19H2,1,3-4H3,(H,38,44). The zero-order valence-electron chi connectivity index (χ0n) is 25.7. The molecule has 1 amide bonds. The van der Waals surface area contributed by atoms with Crippen LogP contribution < -0.4 is 10.2 Å². The first-order chi connectivity index (χ1) is 21.4. The summed E-state index contributed by atoms with van der Waals surface area (Å²) in [6.07, 6.45) is -2.81. The van der Waals surface area contributed by atoms with Gasteiger partial charge in [0, 0.05) is 59.5 Å². The monoisotopic (exact) mass is 635 g/mol. The summed E-state index contributed by atoms with van der Waals surface area (Å²) in [6, 6.07) is 10.0. The molecular weight excluding hydrogens is 599 g/mol. The third-order valence-corrected chi connectivity index (χ3v) is 10.2. The van der Waals surface area contributed by atoms with E-state index in [4.69, 9.17) is 4.98 Å². The minimum atomic E-state index is -4.26. The van der Waals surface area contributed by atoms with Gasteiger partial charge in [-0.05, 0) is 62.6 Å². The van der Waals surface area contributed by atoms with E-state index in [0.29, 0.717) is 40.4 Å². The summed E-state index contributed by atoms with van der Waals surface area (Å²) in [6.45, 7) is 14.3. The number of aryl methyl sites for hydroxylation is 2. The zero-order valence-corrected chi connectivity index (χ0v) is 26.5. The Morgan fingerprint density at radius 3 is 2.67 bits per heavy atom. The third kappa shape index (κ3) is 6.29. The number of halogens is 3. The van der Waals surface area contributed by atoms with E-state index < -0.39 is 12.6 Å². The molecule has 2 aliphatic heterocycles. The highest BCUT2D eigenvalue weighted by atomic mass is 32.1. The Hall–Kier alpha value is -3.95. The number of nitrogens with one attached hydrogen (secondary N) is 1. The summed E-state index contributed by atoms with van der Waals surface area (Å²) in [7, 11) is 0. The summed E-state index contributed by atoms with van der Waals surface area (Å²) in [4.78, 5) is 26.6. The van der Waals surface area contributed by atoms with Gasteiger partial charge in [0.2, 0.25) is 5.91 Å². The first-order valence-electron chi connectivity index (χ1n) is 15.2. The van der Waals surface area contributed by atoms with E-state index in [1.54, 1.807) is 19.9 Å². The quantitative estimate of drug-likeness (QED) is 0.242. The van der Waals surface area contributed by atoms with Gasteiger partial charge in [-0.15, -0.1) is 11.3 Å². The summed E-state index contributed by atoms with van der Waals surface area (Å²) in [5.41, 5.74) is 4.43. The van der Waals surface area contributed by atoms with Crippen LogP contribution in [-0.2, 0) is 24.3 Å². The number of hydrogen-bond acceptors (Lipinski definition) is 7. The minimum Gasteiger partial charge on any atom is -0.355 e. The Kier molecular flexibility index (Phi) is 8.12. The first-order valence-corrected chi connectivity index (χ1v) is 16.0. The topological polar surface area (TPSA) is 90.1 Å². The van der Waals surface area contributed by atoms with Gasteiger partial charge in [-0.1, -0.05) is 19.6 Å². The molecule has 3 aromatic heterocycles. The molecule has 1 aromatic carbocycles. The van der Waals surface area contributed by atoms with Crippen molar-refractivity contribution in [3.8, 4) is 6.07 Å². The summed E-state index contributed by atoms with van der Waals surface area (Å²) in [5, 5.41) is 14.4. The summed E-state index contributed by atoms with van der Waals surface area (Å²) < 4.78 is 41.2. The number of fused-ring (bicyclic) bond motifs is 2. The van der Waals surface area contributed by atoms with Crippen LogP contribution in [0.4, 0.5) is 19.0 Å². The SMILES string of the molecule is C=C(Cn1c(C#N)cc2c(C)c(CN3CCC4(CCN(c5nc(C)nc6sc(CC(F)(F)F)cc56)C4)C3)ccc21)NC(=O)CC. The van der Waals surface area contributed by atoms with Gasteiger partial charge < -0.3 is 14.8 Å². The number of alkyl halides is 3. The number of nitrogens with zero attached hydrogens (tertiary/aromatic N) is 6. The lowest BCUT2D eigenvalue weighted by atomic mass is 9.86. The van der Waals surface area contributed by atoms with Gasteiger partial charge in [-0.2, -0.15) is 18.4 Å². The number of hydrogen-bond donors (Lipinski definition) is 1. The van der Waals surface area contributed by atoms with Crippen molar-refractivity contribution < 1.29 is 18.0 Å².